The zero-order valence-electron chi connectivity index (χ0n) is 12.0. The minimum atomic E-state index is -0.283. The number of nitrogens with one attached hydrogen (secondary N) is 1. The molecule has 1 amide bonds. The lowest BCUT2D eigenvalue weighted by molar-refractivity contribution is -0.121. The van der Waals surface area contributed by atoms with E-state index in [-0.39, 0.29) is 17.8 Å². The molecule has 0 spiro atoms. The Morgan fingerprint density at radius 1 is 1.14 bits per heavy atom. The van der Waals surface area contributed by atoms with E-state index < -0.39 is 0 Å². The Balaban J connectivity index is 1.99. The van der Waals surface area contributed by atoms with Crippen LogP contribution in [0.4, 0.5) is 4.39 Å². The highest BCUT2D eigenvalue weighted by Crippen LogP contribution is 2.14. The molecule has 0 aromatic heterocycles. The van der Waals surface area contributed by atoms with E-state index in [2.05, 4.69) is 5.32 Å². The van der Waals surface area contributed by atoms with Crippen molar-refractivity contribution in [2.45, 2.75) is 25.9 Å². The Morgan fingerprint density at radius 2 is 1.76 bits per heavy atom. The van der Waals surface area contributed by atoms with Crippen molar-refractivity contribution in [1.29, 1.82) is 0 Å². The smallest absolute Gasteiger partial charge is 0.224 e. The molecule has 0 bridgehead atoms. The summed E-state index contributed by atoms with van der Waals surface area (Å²) < 4.78 is 12.9. The molecule has 0 radical (unpaired) electrons. The predicted molar refractivity (Wildman–Crippen MR) is 81.0 cm³/mol. The number of rotatable bonds is 5. The molecular weight excluding hydrogens is 267 g/mol. The summed E-state index contributed by atoms with van der Waals surface area (Å²) in [6, 6.07) is 13.6. The van der Waals surface area contributed by atoms with Crippen molar-refractivity contribution in [1.82, 2.24) is 5.32 Å². The lowest BCUT2D eigenvalue weighted by Gasteiger charge is -2.15. The van der Waals surface area contributed by atoms with Crippen LogP contribution in [0.1, 0.15) is 29.7 Å². The summed E-state index contributed by atoms with van der Waals surface area (Å²) in [4.78, 5) is 12.1. The Morgan fingerprint density at radius 3 is 2.38 bits per heavy atom. The largest absolute Gasteiger partial charge is 0.349 e. The number of hydrogen-bond acceptors (Lipinski definition) is 2. The molecule has 110 valence electrons. The lowest BCUT2D eigenvalue weighted by atomic mass is 10.0. The van der Waals surface area contributed by atoms with Crippen LogP contribution in [0.5, 0.6) is 0 Å². The molecule has 0 fully saturated rings. The normalized spacial score (nSPS) is 12.0. The van der Waals surface area contributed by atoms with Gasteiger partial charge in [-0.2, -0.15) is 0 Å². The number of carbonyl (C=O) groups is 1. The van der Waals surface area contributed by atoms with Crippen LogP contribution in [-0.4, -0.2) is 5.91 Å². The standard InChI is InChI=1S/C17H19FN2O/c1-12(13-6-8-16(18)9-7-13)20-17(21)10-14-4-2-3-5-15(14)11-19/h2-9,12H,10-11,19H2,1H3,(H,20,21)/t12-/m1/s1. The fourth-order valence-corrected chi connectivity index (χ4v) is 2.23. The number of carbonyl (C=O) groups excluding carboxylic acids is 1. The van der Waals surface area contributed by atoms with Gasteiger partial charge in [-0.05, 0) is 35.7 Å². The second kappa shape index (κ2) is 6.99. The molecule has 0 saturated carbocycles. The van der Waals surface area contributed by atoms with Crippen molar-refractivity contribution >= 4 is 5.91 Å². The van der Waals surface area contributed by atoms with Gasteiger partial charge in [0.15, 0.2) is 0 Å². The van der Waals surface area contributed by atoms with E-state index in [9.17, 15) is 9.18 Å². The first-order chi connectivity index (χ1) is 10.1. The molecule has 0 aliphatic heterocycles. The quantitative estimate of drug-likeness (QED) is 0.888. The average molecular weight is 286 g/mol. The van der Waals surface area contributed by atoms with E-state index in [1.165, 1.54) is 12.1 Å². The lowest BCUT2D eigenvalue weighted by Crippen LogP contribution is -2.28. The minimum absolute atomic E-state index is 0.0762. The molecular formula is C17H19FN2O. The Labute approximate surface area is 124 Å². The third-order valence-corrected chi connectivity index (χ3v) is 3.44. The van der Waals surface area contributed by atoms with E-state index in [0.29, 0.717) is 13.0 Å². The molecule has 3 N–H and O–H groups in total. The van der Waals surface area contributed by atoms with Gasteiger partial charge in [0.2, 0.25) is 5.91 Å². The van der Waals surface area contributed by atoms with Crippen LogP contribution in [0.2, 0.25) is 0 Å². The highest BCUT2D eigenvalue weighted by Gasteiger charge is 2.11. The van der Waals surface area contributed by atoms with E-state index in [1.54, 1.807) is 12.1 Å². The molecule has 2 aromatic rings. The van der Waals surface area contributed by atoms with Gasteiger partial charge in [-0.3, -0.25) is 4.79 Å². The van der Waals surface area contributed by atoms with Crippen LogP contribution in [0.3, 0.4) is 0 Å². The van der Waals surface area contributed by atoms with Crippen molar-refractivity contribution in [3.05, 3.63) is 71.0 Å². The van der Waals surface area contributed by atoms with Gasteiger partial charge in [-0.1, -0.05) is 36.4 Å². The van der Waals surface area contributed by atoms with E-state index in [0.717, 1.165) is 16.7 Å². The molecule has 2 aromatic carbocycles. The first-order valence-corrected chi connectivity index (χ1v) is 6.92. The van der Waals surface area contributed by atoms with Crippen LogP contribution >= 0.6 is 0 Å². The summed E-state index contributed by atoms with van der Waals surface area (Å²) in [5, 5.41) is 2.91. The summed E-state index contributed by atoms with van der Waals surface area (Å²) in [6.07, 6.45) is 0.291. The Kier molecular flexibility index (Phi) is 5.06. The molecule has 1 atom stereocenters. The topological polar surface area (TPSA) is 55.1 Å². The van der Waals surface area contributed by atoms with Crippen molar-refractivity contribution in [2.75, 3.05) is 0 Å². The van der Waals surface area contributed by atoms with Gasteiger partial charge in [0, 0.05) is 6.54 Å². The summed E-state index contributed by atoms with van der Waals surface area (Å²) in [5.41, 5.74) is 8.45. The fourth-order valence-electron chi connectivity index (χ4n) is 2.23. The summed E-state index contributed by atoms with van der Waals surface area (Å²) >= 11 is 0. The highest BCUT2D eigenvalue weighted by molar-refractivity contribution is 5.79. The van der Waals surface area contributed by atoms with E-state index in [4.69, 9.17) is 5.73 Å². The van der Waals surface area contributed by atoms with Gasteiger partial charge >= 0.3 is 0 Å². The van der Waals surface area contributed by atoms with Crippen molar-refractivity contribution in [3.63, 3.8) is 0 Å². The maximum absolute atomic E-state index is 12.9. The van der Waals surface area contributed by atoms with Gasteiger partial charge in [-0.25, -0.2) is 4.39 Å². The van der Waals surface area contributed by atoms with Crippen LogP contribution in [-0.2, 0) is 17.8 Å². The Bertz CT molecular complexity index is 610. The third-order valence-electron chi connectivity index (χ3n) is 3.44. The van der Waals surface area contributed by atoms with Crippen molar-refractivity contribution < 1.29 is 9.18 Å². The third kappa shape index (κ3) is 4.13. The van der Waals surface area contributed by atoms with Crippen molar-refractivity contribution in [2.24, 2.45) is 5.73 Å². The van der Waals surface area contributed by atoms with Crippen LogP contribution in [0.15, 0.2) is 48.5 Å². The number of halogens is 1. The van der Waals surface area contributed by atoms with Gasteiger partial charge in [0.1, 0.15) is 5.82 Å². The van der Waals surface area contributed by atoms with Gasteiger partial charge < -0.3 is 11.1 Å². The SMILES string of the molecule is C[C@@H](NC(=O)Cc1ccccc1CN)c1ccc(F)cc1. The summed E-state index contributed by atoms with van der Waals surface area (Å²) in [5.74, 6) is -0.359. The maximum Gasteiger partial charge on any atom is 0.224 e. The minimum Gasteiger partial charge on any atom is -0.349 e. The maximum atomic E-state index is 12.9. The second-order valence-corrected chi connectivity index (χ2v) is 4.99. The van der Waals surface area contributed by atoms with Crippen molar-refractivity contribution in [3.8, 4) is 0 Å². The first kappa shape index (κ1) is 15.2. The molecule has 21 heavy (non-hydrogen) atoms. The number of amides is 1. The van der Waals surface area contributed by atoms with Crippen LogP contribution < -0.4 is 11.1 Å². The fraction of sp³-hybridized carbons (Fsp3) is 0.235. The summed E-state index contributed by atoms with van der Waals surface area (Å²) in [7, 11) is 0. The zero-order chi connectivity index (χ0) is 15.2. The summed E-state index contributed by atoms with van der Waals surface area (Å²) in [6.45, 7) is 2.29. The Hall–Kier alpha value is -2.20. The van der Waals surface area contributed by atoms with E-state index in [1.807, 2.05) is 31.2 Å². The first-order valence-electron chi connectivity index (χ1n) is 6.92. The molecule has 3 nitrogen and oxygen atoms in total. The van der Waals surface area contributed by atoms with Gasteiger partial charge in [0.05, 0.1) is 12.5 Å². The number of nitrogens with two attached hydrogens (primary N) is 1. The predicted octanol–water partition coefficient (Wildman–Crippen LogP) is 2.70. The van der Waals surface area contributed by atoms with Crippen LogP contribution in [0.25, 0.3) is 0 Å². The average Bonchev–Trinajstić information content (AvgIpc) is 2.48. The van der Waals surface area contributed by atoms with E-state index >= 15 is 0 Å². The zero-order valence-corrected chi connectivity index (χ0v) is 12.0. The van der Waals surface area contributed by atoms with Crippen LogP contribution in [0, 0.1) is 5.82 Å². The molecule has 0 saturated heterocycles. The molecule has 0 unspecified atom stereocenters. The molecule has 0 heterocycles. The molecule has 2 rings (SSSR count). The molecule has 0 aliphatic rings. The van der Waals surface area contributed by atoms with Gasteiger partial charge in [-0.15, -0.1) is 0 Å². The highest BCUT2D eigenvalue weighted by atomic mass is 19.1. The van der Waals surface area contributed by atoms with Gasteiger partial charge in [0.25, 0.3) is 0 Å². The monoisotopic (exact) mass is 286 g/mol. The molecule has 0 aliphatic carbocycles. The number of benzene rings is 2. The molecule has 4 heteroatoms. The number of hydrogen-bond donors (Lipinski definition) is 2. The second-order valence-electron chi connectivity index (χ2n) is 4.99.